The SMILES string of the molecule is COc1ccc(OSN(C)Nc2cc(-c3ccc4nc(N)ccc4c3)cnc2Cl)cc1.S. The summed E-state index contributed by atoms with van der Waals surface area (Å²) in [5.41, 5.74) is 12.4. The summed E-state index contributed by atoms with van der Waals surface area (Å²) in [5, 5.41) is 1.35. The van der Waals surface area contributed by atoms with E-state index in [0.717, 1.165) is 40.0 Å². The molecule has 0 fully saturated rings. The predicted molar refractivity (Wildman–Crippen MR) is 137 cm³/mol. The van der Waals surface area contributed by atoms with Gasteiger partial charge in [0.2, 0.25) is 0 Å². The number of fused-ring (bicyclic) bond motifs is 1. The van der Waals surface area contributed by atoms with E-state index < -0.39 is 0 Å². The lowest BCUT2D eigenvalue weighted by atomic mass is 10.0. The second-order valence-corrected chi connectivity index (χ2v) is 7.87. The van der Waals surface area contributed by atoms with E-state index in [1.807, 2.05) is 61.6 Å². The van der Waals surface area contributed by atoms with Gasteiger partial charge in [0.25, 0.3) is 0 Å². The minimum atomic E-state index is 0. The molecule has 0 saturated heterocycles. The fraction of sp³-hybridized carbons (Fsp3) is 0.0909. The van der Waals surface area contributed by atoms with Crippen LogP contribution in [-0.2, 0) is 0 Å². The van der Waals surface area contributed by atoms with Crippen molar-refractivity contribution in [3.05, 3.63) is 72.0 Å². The standard InChI is InChI=1S/C22H20ClN5O2S.H2S/c1-28(31-30-18-7-5-17(29-2)6-8-18)27-20-12-16(13-25-22(20)23)14-3-9-19-15(11-14)4-10-21(24)26-19;/h3-13,27H,1-2H3,(H2,24,26);1H2. The van der Waals surface area contributed by atoms with Crippen molar-refractivity contribution in [1.29, 1.82) is 0 Å². The first-order valence-electron chi connectivity index (χ1n) is 9.33. The average molecular weight is 488 g/mol. The van der Waals surface area contributed by atoms with Gasteiger partial charge >= 0.3 is 0 Å². The van der Waals surface area contributed by atoms with Crippen LogP contribution in [0.1, 0.15) is 0 Å². The molecule has 0 aliphatic heterocycles. The van der Waals surface area contributed by atoms with E-state index in [0.29, 0.717) is 22.4 Å². The molecule has 0 unspecified atom stereocenters. The Morgan fingerprint density at radius 1 is 1.00 bits per heavy atom. The smallest absolute Gasteiger partial charge is 0.166 e. The molecule has 0 aliphatic rings. The van der Waals surface area contributed by atoms with Crippen molar-refractivity contribution in [2.45, 2.75) is 0 Å². The summed E-state index contributed by atoms with van der Waals surface area (Å²) in [5.74, 6) is 1.96. The first kappa shape index (κ1) is 23.8. The van der Waals surface area contributed by atoms with E-state index in [1.165, 1.54) is 0 Å². The van der Waals surface area contributed by atoms with Crippen LogP contribution in [0.4, 0.5) is 11.5 Å². The second kappa shape index (κ2) is 10.6. The zero-order chi connectivity index (χ0) is 21.8. The van der Waals surface area contributed by atoms with E-state index >= 15 is 0 Å². The molecule has 0 amide bonds. The van der Waals surface area contributed by atoms with Crippen LogP contribution in [0.25, 0.3) is 22.0 Å². The number of hydrazine groups is 1. The molecule has 7 nitrogen and oxygen atoms in total. The summed E-state index contributed by atoms with van der Waals surface area (Å²) in [6.07, 6.45) is 1.74. The molecule has 0 radical (unpaired) electrons. The molecule has 3 N–H and O–H groups in total. The lowest BCUT2D eigenvalue weighted by Crippen LogP contribution is -2.19. The molecule has 2 heterocycles. The van der Waals surface area contributed by atoms with Crippen LogP contribution >= 0.6 is 37.3 Å². The Morgan fingerprint density at radius 2 is 1.75 bits per heavy atom. The number of nitrogens with zero attached hydrogens (tertiary/aromatic N) is 3. The third-order valence-electron chi connectivity index (χ3n) is 4.47. The number of hydrogen-bond donors (Lipinski definition) is 2. The van der Waals surface area contributed by atoms with Crippen molar-refractivity contribution in [1.82, 2.24) is 14.4 Å². The number of ether oxygens (including phenoxy) is 1. The normalized spacial score (nSPS) is 10.6. The maximum absolute atomic E-state index is 6.30. The van der Waals surface area contributed by atoms with Crippen LogP contribution < -0.4 is 20.1 Å². The number of anilines is 2. The summed E-state index contributed by atoms with van der Waals surface area (Å²) < 4.78 is 12.5. The van der Waals surface area contributed by atoms with Crippen LogP contribution in [0.2, 0.25) is 5.15 Å². The Kier molecular flexibility index (Phi) is 7.92. The fourth-order valence-corrected chi connectivity index (χ4v) is 3.51. The minimum Gasteiger partial charge on any atom is -0.497 e. The first-order valence-corrected chi connectivity index (χ1v) is 10.4. The molecule has 4 aromatic rings. The van der Waals surface area contributed by atoms with Gasteiger partial charge in [0.05, 0.1) is 18.3 Å². The van der Waals surface area contributed by atoms with Crippen LogP contribution in [-0.4, -0.2) is 28.5 Å². The van der Waals surface area contributed by atoms with Gasteiger partial charge in [-0.05, 0) is 60.2 Å². The Labute approximate surface area is 202 Å². The summed E-state index contributed by atoms with van der Waals surface area (Å²) in [6.45, 7) is 0. The Balaban J connectivity index is 0.00000289. The van der Waals surface area contributed by atoms with Crippen molar-refractivity contribution in [3.63, 3.8) is 0 Å². The number of nitrogens with two attached hydrogens (primary N) is 1. The lowest BCUT2D eigenvalue weighted by Gasteiger charge is -2.18. The fourth-order valence-electron chi connectivity index (χ4n) is 2.92. The van der Waals surface area contributed by atoms with E-state index in [2.05, 4.69) is 15.4 Å². The molecule has 0 saturated carbocycles. The number of aromatic nitrogens is 2. The molecule has 4 rings (SSSR count). The number of pyridine rings is 2. The Bertz CT molecular complexity index is 1210. The molecular formula is C22H22ClN5O2S2. The number of benzene rings is 2. The molecule has 10 heteroatoms. The lowest BCUT2D eigenvalue weighted by molar-refractivity contribution is 0.414. The Morgan fingerprint density at radius 3 is 2.50 bits per heavy atom. The highest BCUT2D eigenvalue weighted by molar-refractivity contribution is 7.92. The van der Waals surface area contributed by atoms with E-state index in [-0.39, 0.29) is 13.5 Å². The first-order chi connectivity index (χ1) is 15.0. The number of methoxy groups -OCH3 is 1. The molecule has 166 valence electrons. The number of rotatable bonds is 7. The minimum absolute atomic E-state index is 0. The van der Waals surface area contributed by atoms with Gasteiger partial charge < -0.3 is 20.1 Å². The van der Waals surface area contributed by atoms with E-state index in [9.17, 15) is 0 Å². The van der Waals surface area contributed by atoms with Crippen molar-refractivity contribution < 1.29 is 8.92 Å². The van der Waals surface area contributed by atoms with Gasteiger partial charge in [-0.15, -0.1) is 4.41 Å². The predicted octanol–water partition coefficient (Wildman–Crippen LogP) is 5.55. The highest BCUT2D eigenvalue weighted by Gasteiger charge is 2.10. The topological polar surface area (TPSA) is 85.5 Å². The third kappa shape index (κ3) is 5.68. The van der Waals surface area contributed by atoms with Crippen molar-refractivity contribution in [2.24, 2.45) is 0 Å². The largest absolute Gasteiger partial charge is 0.497 e. The zero-order valence-electron chi connectivity index (χ0n) is 17.4. The summed E-state index contributed by atoms with van der Waals surface area (Å²) in [4.78, 5) is 8.65. The van der Waals surface area contributed by atoms with Crippen LogP contribution in [0.15, 0.2) is 66.9 Å². The monoisotopic (exact) mass is 487 g/mol. The molecule has 0 spiro atoms. The van der Waals surface area contributed by atoms with Crippen LogP contribution in [0.5, 0.6) is 11.5 Å². The van der Waals surface area contributed by atoms with Crippen molar-refractivity contribution in [3.8, 4) is 22.6 Å². The zero-order valence-corrected chi connectivity index (χ0v) is 19.9. The molecule has 0 aliphatic carbocycles. The van der Waals surface area contributed by atoms with Gasteiger partial charge in [-0.2, -0.15) is 13.5 Å². The van der Waals surface area contributed by atoms with Gasteiger partial charge in [0, 0.05) is 24.2 Å². The maximum atomic E-state index is 6.30. The molecule has 2 aromatic heterocycles. The quantitative estimate of drug-likeness (QED) is 0.152. The van der Waals surface area contributed by atoms with E-state index in [1.54, 1.807) is 23.8 Å². The van der Waals surface area contributed by atoms with E-state index in [4.69, 9.17) is 26.3 Å². The number of nitrogen functional groups attached to an aromatic ring is 1. The van der Waals surface area contributed by atoms with Gasteiger partial charge in [0.1, 0.15) is 17.3 Å². The van der Waals surface area contributed by atoms with Crippen molar-refractivity contribution >= 4 is 59.7 Å². The highest BCUT2D eigenvalue weighted by atomic mass is 35.5. The molecule has 2 aromatic carbocycles. The van der Waals surface area contributed by atoms with Crippen LogP contribution in [0.3, 0.4) is 0 Å². The average Bonchev–Trinajstić information content (AvgIpc) is 2.79. The Hall–Kier alpha value is -2.85. The van der Waals surface area contributed by atoms with Crippen molar-refractivity contribution in [2.75, 3.05) is 25.3 Å². The molecule has 32 heavy (non-hydrogen) atoms. The van der Waals surface area contributed by atoms with Gasteiger partial charge in [-0.1, -0.05) is 17.7 Å². The van der Waals surface area contributed by atoms with Gasteiger partial charge in [0.15, 0.2) is 17.4 Å². The number of halogens is 1. The summed E-state index contributed by atoms with van der Waals surface area (Å²) >= 11 is 7.43. The van der Waals surface area contributed by atoms with Crippen LogP contribution in [0, 0.1) is 0 Å². The van der Waals surface area contributed by atoms with Gasteiger partial charge in [-0.25, -0.2) is 9.97 Å². The van der Waals surface area contributed by atoms with Gasteiger partial charge in [-0.3, -0.25) is 0 Å². The number of hydrogen-bond acceptors (Lipinski definition) is 8. The third-order valence-corrected chi connectivity index (χ3v) is 5.35. The molecule has 0 atom stereocenters. The highest BCUT2D eigenvalue weighted by Crippen LogP contribution is 2.30. The maximum Gasteiger partial charge on any atom is 0.166 e. The number of nitrogens with one attached hydrogen (secondary N) is 1. The second-order valence-electron chi connectivity index (χ2n) is 6.65. The summed E-state index contributed by atoms with van der Waals surface area (Å²) in [7, 11) is 3.45. The summed E-state index contributed by atoms with van der Waals surface area (Å²) in [6, 6.07) is 19.0. The molecular weight excluding hydrogens is 466 g/mol. The molecule has 0 bridgehead atoms.